The minimum absolute atomic E-state index is 0.00662. The van der Waals surface area contributed by atoms with Crippen LogP contribution in [0.15, 0.2) is 48.5 Å². The van der Waals surface area contributed by atoms with Crippen LogP contribution in [0.2, 0.25) is 5.02 Å². The highest BCUT2D eigenvalue weighted by Crippen LogP contribution is 2.27. The molecule has 0 radical (unpaired) electrons. The van der Waals surface area contributed by atoms with Crippen LogP contribution in [0.4, 0.5) is 5.69 Å². The molecule has 2 aromatic rings. The third-order valence-corrected chi connectivity index (χ3v) is 4.23. The van der Waals surface area contributed by atoms with Gasteiger partial charge < -0.3 is 20.5 Å². The lowest BCUT2D eigenvalue weighted by Crippen LogP contribution is -2.40. The summed E-state index contributed by atoms with van der Waals surface area (Å²) in [6.07, 6.45) is 0.921. The van der Waals surface area contributed by atoms with Gasteiger partial charge in [-0.3, -0.25) is 9.59 Å². The SMILES string of the molecule is COc1ccc(Cl)cc1NCC(=O)NC(CCC(=O)O)Cc1ccccc1. The van der Waals surface area contributed by atoms with Crippen LogP contribution in [0.25, 0.3) is 0 Å². The van der Waals surface area contributed by atoms with Crippen LogP contribution >= 0.6 is 11.6 Å². The van der Waals surface area contributed by atoms with Gasteiger partial charge >= 0.3 is 5.97 Å². The van der Waals surface area contributed by atoms with Gasteiger partial charge in [-0.25, -0.2) is 0 Å². The summed E-state index contributed by atoms with van der Waals surface area (Å²) in [6, 6.07) is 14.5. The van der Waals surface area contributed by atoms with Gasteiger partial charge in [-0.2, -0.15) is 0 Å². The average Bonchev–Trinajstić information content (AvgIpc) is 2.65. The molecule has 27 heavy (non-hydrogen) atoms. The maximum Gasteiger partial charge on any atom is 0.303 e. The molecule has 6 nitrogen and oxygen atoms in total. The van der Waals surface area contributed by atoms with Crippen molar-refractivity contribution in [2.75, 3.05) is 19.0 Å². The number of hydrogen-bond acceptors (Lipinski definition) is 4. The zero-order valence-corrected chi connectivity index (χ0v) is 15.8. The molecule has 144 valence electrons. The molecular weight excluding hydrogens is 368 g/mol. The lowest BCUT2D eigenvalue weighted by molar-refractivity contribution is -0.137. The Hall–Kier alpha value is -2.73. The first-order valence-electron chi connectivity index (χ1n) is 8.60. The largest absolute Gasteiger partial charge is 0.495 e. The monoisotopic (exact) mass is 390 g/mol. The van der Waals surface area contributed by atoms with Gasteiger partial charge in [0.2, 0.25) is 5.91 Å². The Morgan fingerprint density at radius 3 is 2.59 bits per heavy atom. The summed E-state index contributed by atoms with van der Waals surface area (Å²) in [6.45, 7) is 0.0229. The van der Waals surface area contributed by atoms with Gasteiger partial charge in [0.1, 0.15) is 5.75 Å². The summed E-state index contributed by atoms with van der Waals surface area (Å²) >= 11 is 5.98. The number of carboxylic acid groups (broad SMARTS) is 1. The molecule has 0 saturated carbocycles. The standard InChI is InChI=1S/C20H23ClN2O4/c1-27-18-9-7-15(21)12-17(18)22-13-19(24)23-16(8-10-20(25)26)11-14-5-3-2-4-6-14/h2-7,9,12,16,22H,8,10-11,13H2,1H3,(H,23,24)(H,25,26). The number of benzene rings is 2. The zero-order valence-electron chi connectivity index (χ0n) is 15.1. The van der Waals surface area contributed by atoms with E-state index in [1.807, 2.05) is 30.3 Å². The van der Waals surface area contributed by atoms with Gasteiger partial charge in [0.25, 0.3) is 0 Å². The number of carbonyl (C=O) groups is 2. The highest BCUT2D eigenvalue weighted by molar-refractivity contribution is 6.30. The first kappa shape index (κ1) is 20.6. The van der Waals surface area contributed by atoms with Gasteiger partial charge in [0, 0.05) is 17.5 Å². The molecule has 0 saturated heterocycles. The van der Waals surface area contributed by atoms with Crippen molar-refractivity contribution in [1.29, 1.82) is 0 Å². The molecule has 2 rings (SSSR count). The van der Waals surface area contributed by atoms with Crippen molar-refractivity contribution >= 4 is 29.2 Å². The second-order valence-electron chi connectivity index (χ2n) is 6.08. The van der Waals surface area contributed by atoms with Gasteiger partial charge in [-0.15, -0.1) is 0 Å². The van der Waals surface area contributed by atoms with Crippen LogP contribution in [0.3, 0.4) is 0 Å². The maximum atomic E-state index is 12.4. The molecule has 1 atom stereocenters. The summed E-state index contributed by atoms with van der Waals surface area (Å²) in [5.41, 5.74) is 1.66. The molecule has 1 amide bonds. The second kappa shape index (κ2) is 10.4. The summed E-state index contributed by atoms with van der Waals surface area (Å²) in [5.74, 6) is -0.536. The van der Waals surface area contributed by atoms with E-state index >= 15 is 0 Å². The Morgan fingerprint density at radius 2 is 1.93 bits per heavy atom. The normalized spacial score (nSPS) is 11.5. The number of nitrogens with one attached hydrogen (secondary N) is 2. The van der Waals surface area contributed by atoms with Crippen molar-refractivity contribution in [3.8, 4) is 5.75 Å². The Bertz CT molecular complexity index is 768. The molecular formula is C20H23ClN2O4. The van der Waals surface area contributed by atoms with E-state index in [9.17, 15) is 9.59 Å². The van der Waals surface area contributed by atoms with Crippen molar-refractivity contribution in [3.63, 3.8) is 0 Å². The van der Waals surface area contributed by atoms with Crippen LogP contribution in [0.5, 0.6) is 5.75 Å². The van der Waals surface area contributed by atoms with E-state index in [4.69, 9.17) is 21.4 Å². The third kappa shape index (κ3) is 7.19. The minimum atomic E-state index is -0.885. The first-order valence-corrected chi connectivity index (χ1v) is 8.98. The number of hydrogen-bond donors (Lipinski definition) is 3. The topological polar surface area (TPSA) is 87.7 Å². The molecule has 1 unspecified atom stereocenters. The Labute approximate surface area is 163 Å². The van der Waals surface area contributed by atoms with Crippen LogP contribution in [0.1, 0.15) is 18.4 Å². The molecule has 7 heteroatoms. The summed E-state index contributed by atoms with van der Waals surface area (Å²) in [7, 11) is 1.54. The van der Waals surface area contributed by atoms with Crippen molar-refractivity contribution in [2.45, 2.75) is 25.3 Å². The zero-order chi connectivity index (χ0) is 19.6. The maximum absolute atomic E-state index is 12.4. The van der Waals surface area contributed by atoms with Crippen LogP contribution in [0, 0.1) is 0 Å². The number of rotatable bonds is 10. The number of anilines is 1. The Kier molecular flexibility index (Phi) is 7.95. The number of amides is 1. The van der Waals surface area contributed by atoms with Crippen LogP contribution < -0.4 is 15.4 Å². The quantitative estimate of drug-likeness (QED) is 0.579. The fourth-order valence-electron chi connectivity index (χ4n) is 2.69. The van der Waals surface area contributed by atoms with Crippen LogP contribution in [-0.4, -0.2) is 36.7 Å². The summed E-state index contributed by atoms with van der Waals surface area (Å²) < 4.78 is 5.24. The van der Waals surface area contributed by atoms with E-state index in [2.05, 4.69) is 10.6 Å². The van der Waals surface area contributed by atoms with E-state index in [1.165, 1.54) is 7.11 Å². The molecule has 0 aliphatic rings. The summed E-state index contributed by atoms with van der Waals surface area (Å²) in [5, 5.41) is 15.4. The van der Waals surface area contributed by atoms with E-state index in [1.54, 1.807) is 18.2 Å². The van der Waals surface area contributed by atoms with Gasteiger partial charge in [0.15, 0.2) is 0 Å². The minimum Gasteiger partial charge on any atom is -0.495 e. The average molecular weight is 391 g/mol. The van der Waals surface area contributed by atoms with E-state index in [0.717, 1.165) is 5.56 Å². The van der Waals surface area contributed by atoms with Crippen molar-refractivity contribution in [2.24, 2.45) is 0 Å². The Balaban J connectivity index is 1.96. The summed E-state index contributed by atoms with van der Waals surface area (Å²) in [4.78, 5) is 23.3. The van der Waals surface area contributed by atoms with E-state index in [-0.39, 0.29) is 24.9 Å². The van der Waals surface area contributed by atoms with Gasteiger partial charge in [-0.05, 0) is 36.6 Å². The van der Waals surface area contributed by atoms with E-state index < -0.39 is 5.97 Å². The lowest BCUT2D eigenvalue weighted by Gasteiger charge is -2.19. The molecule has 3 N–H and O–H groups in total. The molecule has 2 aromatic carbocycles. The van der Waals surface area contributed by atoms with Gasteiger partial charge in [-0.1, -0.05) is 41.9 Å². The molecule has 0 aliphatic carbocycles. The lowest BCUT2D eigenvalue weighted by atomic mass is 10.0. The van der Waals surface area contributed by atoms with Crippen LogP contribution in [-0.2, 0) is 16.0 Å². The number of halogens is 1. The highest BCUT2D eigenvalue weighted by Gasteiger charge is 2.15. The molecule has 0 aromatic heterocycles. The third-order valence-electron chi connectivity index (χ3n) is 4.00. The fourth-order valence-corrected chi connectivity index (χ4v) is 2.87. The Morgan fingerprint density at radius 1 is 1.19 bits per heavy atom. The number of carbonyl (C=O) groups excluding carboxylic acids is 1. The predicted octanol–water partition coefficient (Wildman–Crippen LogP) is 3.35. The molecule has 0 fully saturated rings. The smallest absolute Gasteiger partial charge is 0.303 e. The molecule has 0 heterocycles. The fraction of sp³-hybridized carbons (Fsp3) is 0.300. The van der Waals surface area contributed by atoms with Crippen molar-refractivity contribution in [3.05, 3.63) is 59.1 Å². The predicted molar refractivity (Wildman–Crippen MR) is 105 cm³/mol. The number of carboxylic acids is 1. The van der Waals surface area contributed by atoms with Crippen molar-refractivity contribution < 1.29 is 19.4 Å². The number of aliphatic carboxylic acids is 1. The molecule has 0 aliphatic heterocycles. The molecule has 0 bridgehead atoms. The van der Waals surface area contributed by atoms with Crippen molar-refractivity contribution in [1.82, 2.24) is 5.32 Å². The number of methoxy groups -OCH3 is 1. The van der Waals surface area contributed by atoms with Gasteiger partial charge in [0.05, 0.1) is 19.3 Å². The second-order valence-corrected chi connectivity index (χ2v) is 6.52. The molecule has 0 spiro atoms. The highest BCUT2D eigenvalue weighted by atomic mass is 35.5. The first-order chi connectivity index (χ1) is 13.0. The van der Waals surface area contributed by atoms with E-state index in [0.29, 0.717) is 29.3 Å². The number of ether oxygens (including phenoxy) is 1.